The van der Waals surface area contributed by atoms with Crippen LogP contribution in [0.25, 0.3) is 0 Å². The Kier molecular flexibility index (Phi) is 2.30. The van der Waals surface area contributed by atoms with Crippen molar-refractivity contribution in [2.24, 2.45) is 11.8 Å². The summed E-state index contributed by atoms with van der Waals surface area (Å²) in [5.74, 6) is 1.70. The van der Waals surface area contributed by atoms with E-state index in [9.17, 15) is 4.79 Å². The van der Waals surface area contributed by atoms with Gasteiger partial charge in [0.1, 0.15) is 0 Å². The fourth-order valence-electron chi connectivity index (χ4n) is 1.19. The van der Waals surface area contributed by atoms with Gasteiger partial charge in [0.2, 0.25) is 5.91 Å². The molecule has 2 heteroatoms. The maximum Gasteiger partial charge on any atom is 0.220 e. The van der Waals surface area contributed by atoms with E-state index in [0.29, 0.717) is 5.92 Å². The minimum absolute atomic E-state index is 0.219. The molecule has 1 saturated carbocycles. The Morgan fingerprint density at radius 1 is 1.70 bits per heavy atom. The van der Waals surface area contributed by atoms with E-state index in [1.807, 2.05) is 6.92 Å². The predicted molar refractivity (Wildman–Crippen MR) is 40.6 cm³/mol. The van der Waals surface area contributed by atoms with E-state index in [4.69, 9.17) is 0 Å². The molecule has 58 valence electrons. The molecule has 0 aromatic heterocycles. The summed E-state index contributed by atoms with van der Waals surface area (Å²) in [7, 11) is 0. The Balaban J connectivity index is 2.07. The lowest BCUT2D eigenvalue weighted by molar-refractivity contribution is -0.121. The molecule has 1 N–H and O–H groups in total. The van der Waals surface area contributed by atoms with Crippen molar-refractivity contribution < 1.29 is 4.79 Å². The van der Waals surface area contributed by atoms with Crippen molar-refractivity contribution in [2.45, 2.75) is 26.7 Å². The average Bonchev–Trinajstić information content (AvgIpc) is 2.47. The molecule has 2 nitrogen and oxygen atoms in total. The van der Waals surface area contributed by atoms with Crippen LogP contribution in [-0.4, -0.2) is 12.5 Å². The van der Waals surface area contributed by atoms with E-state index < -0.39 is 0 Å². The molecule has 1 fully saturated rings. The van der Waals surface area contributed by atoms with Gasteiger partial charge < -0.3 is 5.32 Å². The number of rotatable bonds is 3. The Hall–Kier alpha value is -0.530. The number of carbonyl (C=O) groups excluding carboxylic acids is 1. The summed E-state index contributed by atoms with van der Waals surface area (Å²) < 4.78 is 0. The van der Waals surface area contributed by atoms with Crippen LogP contribution < -0.4 is 5.32 Å². The molecule has 10 heavy (non-hydrogen) atoms. The Morgan fingerprint density at radius 2 is 2.30 bits per heavy atom. The second-order valence-electron chi connectivity index (χ2n) is 3.13. The van der Waals surface area contributed by atoms with Gasteiger partial charge >= 0.3 is 0 Å². The van der Waals surface area contributed by atoms with Crippen molar-refractivity contribution in [3.63, 3.8) is 0 Å². The average molecular weight is 141 g/mol. The van der Waals surface area contributed by atoms with E-state index in [1.165, 1.54) is 6.42 Å². The lowest BCUT2D eigenvalue weighted by Crippen LogP contribution is -2.22. The fourth-order valence-corrected chi connectivity index (χ4v) is 1.19. The second-order valence-corrected chi connectivity index (χ2v) is 3.13. The highest BCUT2D eigenvalue weighted by atomic mass is 16.1. The van der Waals surface area contributed by atoms with E-state index >= 15 is 0 Å². The molecular formula is C8H15NO. The zero-order chi connectivity index (χ0) is 7.56. The summed E-state index contributed by atoms with van der Waals surface area (Å²) in [4.78, 5) is 10.9. The lowest BCUT2D eigenvalue weighted by atomic mass is 10.2. The molecular weight excluding hydrogens is 126 g/mol. The SMILES string of the molecule is CCNC(=O)CC1CC1C. The van der Waals surface area contributed by atoms with Gasteiger partial charge in [0.25, 0.3) is 0 Å². The molecule has 0 spiro atoms. The highest BCUT2D eigenvalue weighted by Gasteiger charge is 2.33. The molecule has 1 rings (SSSR count). The van der Waals surface area contributed by atoms with Crippen LogP contribution in [0.4, 0.5) is 0 Å². The minimum atomic E-state index is 0.219. The van der Waals surface area contributed by atoms with Gasteiger partial charge in [-0.05, 0) is 25.2 Å². The van der Waals surface area contributed by atoms with Crippen LogP contribution in [-0.2, 0) is 4.79 Å². The van der Waals surface area contributed by atoms with Crippen LogP contribution in [0.1, 0.15) is 26.7 Å². The van der Waals surface area contributed by atoms with E-state index in [0.717, 1.165) is 18.9 Å². The Morgan fingerprint density at radius 3 is 2.70 bits per heavy atom. The van der Waals surface area contributed by atoms with Gasteiger partial charge in [-0.2, -0.15) is 0 Å². The maximum atomic E-state index is 10.9. The predicted octanol–water partition coefficient (Wildman–Crippen LogP) is 1.17. The number of hydrogen-bond acceptors (Lipinski definition) is 1. The molecule has 0 heterocycles. The van der Waals surface area contributed by atoms with Crippen molar-refractivity contribution in [3.8, 4) is 0 Å². The van der Waals surface area contributed by atoms with Gasteiger partial charge in [-0.25, -0.2) is 0 Å². The second kappa shape index (κ2) is 3.04. The normalized spacial score (nSPS) is 29.8. The highest BCUT2D eigenvalue weighted by molar-refractivity contribution is 5.76. The fraction of sp³-hybridized carbons (Fsp3) is 0.875. The first-order chi connectivity index (χ1) is 4.74. The van der Waals surface area contributed by atoms with E-state index in [1.54, 1.807) is 0 Å². The minimum Gasteiger partial charge on any atom is -0.356 e. The third-order valence-corrected chi connectivity index (χ3v) is 2.10. The zero-order valence-electron chi connectivity index (χ0n) is 6.68. The van der Waals surface area contributed by atoms with E-state index in [-0.39, 0.29) is 5.91 Å². The first kappa shape index (κ1) is 7.58. The third-order valence-electron chi connectivity index (χ3n) is 2.10. The van der Waals surface area contributed by atoms with Crippen LogP contribution in [0.5, 0.6) is 0 Å². The molecule has 1 aliphatic carbocycles. The first-order valence-corrected chi connectivity index (χ1v) is 4.00. The van der Waals surface area contributed by atoms with Crippen LogP contribution >= 0.6 is 0 Å². The maximum absolute atomic E-state index is 10.9. The molecule has 0 aromatic rings. The van der Waals surface area contributed by atoms with Crippen molar-refractivity contribution in [1.82, 2.24) is 5.32 Å². The van der Waals surface area contributed by atoms with Gasteiger partial charge in [-0.3, -0.25) is 4.79 Å². The summed E-state index contributed by atoms with van der Waals surface area (Å²) >= 11 is 0. The smallest absolute Gasteiger partial charge is 0.220 e. The quantitative estimate of drug-likeness (QED) is 0.628. The standard InChI is InChI=1S/C8H15NO/c1-3-9-8(10)5-7-4-6(7)2/h6-7H,3-5H2,1-2H3,(H,9,10). The highest BCUT2D eigenvalue weighted by Crippen LogP contribution is 2.40. The summed E-state index contributed by atoms with van der Waals surface area (Å²) in [6, 6.07) is 0. The summed E-state index contributed by atoms with van der Waals surface area (Å²) in [6.45, 7) is 4.91. The molecule has 2 atom stereocenters. The number of hydrogen-bond donors (Lipinski definition) is 1. The van der Waals surface area contributed by atoms with Crippen molar-refractivity contribution in [2.75, 3.05) is 6.54 Å². The number of nitrogens with one attached hydrogen (secondary N) is 1. The Bertz CT molecular complexity index is 133. The van der Waals surface area contributed by atoms with E-state index in [2.05, 4.69) is 12.2 Å². The molecule has 1 aliphatic rings. The molecule has 0 aromatic carbocycles. The van der Waals surface area contributed by atoms with Crippen LogP contribution in [0.2, 0.25) is 0 Å². The van der Waals surface area contributed by atoms with Gasteiger partial charge in [-0.15, -0.1) is 0 Å². The van der Waals surface area contributed by atoms with Crippen molar-refractivity contribution in [1.29, 1.82) is 0 Å². The largest absolute Gasteiger partial charge is 0.356 e. The van der Waals surface area contributed by atoms with Crippen LogP contribution in [0, 0.1) is 11.8 Å². The summed E-state index contributed by atoms with van der Waals surface area (Å²) in [5.41, 5.74) is 0. The topological polar surface area (TPSA) is 29.1 Å². The number of amides is 1. The molecule has 2 unspecified atom stereocenters. The molecule has 0 saturated heterocycles. The first-order valence-electron chi connectivity index (χ1n) is 4.00. The number of carbonyl (C=O) groups is 1. The van der Waals surface area contributed by atoms with Crippen LogP contribution in [0.3, 0.4) is 0 Å². The van der Waals surface area contributed by atoms with Gasteiger partial charge in [0.15, 0.2) is 0 Å². The van der Waals surface area contributed by atoms with Crippen molar-refractivity contribution in [3.05, 3.63) is 0 Å². The van der Waals surface area contributed by atoms with Crippen LogP contribution in [0.15, 0.2) is 0 Å². The molecule has 0 bridgehead atoms. The lowest BCUT2D eigenvalue weighted by Gasteiger charge is -1.98. The third kappa shape index (κ3) is 2.01. The van der Waals surface area contributed by atoms with Gasteiger partial charge in [-0.1, -0.05) is 6.92 Å². The zero-order valence-corrected chi connectivity index (χ0v) is 6.68. The molecule has 0 radical (unpaired) electrons. The van der Waals surface area contributed by atoms with Gasteiger partial charge in [0.05, 0.1) is 0 Å². The Labute approximate surface area is 62.0 Å². The molecule has 0 aliphatic heterocycles. The summed E-state index contributed by atoms with van der Waals surface area (Å²) in [6.07, 6.45) is 1.99. The molecule has 1 amide bonds. The monoisotopic (exact) mass is 141 g/mol. The van der Waals surface area contributed by atoms with Gasteiger partial charge in [0, 0.05) is 13.0 Å². The van der Waals surface area contributed by atoms with Crippen molar-refractivity contribution >= 4 is 5.91 Å². The summed E-state index contributed by atoms with van der Waals surface area (Å²) in [5, 5.41) is 2.80.